The van der Waals surface area contributed by atoms with Crippen LogP contribution >= 0.6 is 0 Å². The van der Waals surface area contributed by atoms with E-state index in [9.17, 15) is 5.11 Å². The molecule has 9 heavy (non-hydrogen) atoms. The standard InChI is InChI=1S/C5H13N3O/c1-5(2,3)4(9)7-8-6/h8H,6H2,1-3H3,(H,7,9)/p-1. The summed E-state index contributed by atoms with van der Waals surface area (Å²) < 4.78 is 0. The van der Waals surface area contributed by atoms with Crippen molar-refractivity contribution in [2.45, 2.75) is 20.8 Å². The fraction of sp³-hybridized carbons (Fsp3) is 0.800. The van der Waals surface area contributed by atoms with Crippen LogP contribution in [0.1, 0.15) is 20.8 Å². The van der Waals surface area contributed by atoms with Crippen LogP contribution in [0.25, 0.3) is 0 Å². The first-order chi connectivity index (χ1) is 3.98. The molecule has 0 aliphatic rings. The van der Waals surface area contributed by atoms with Crippen LogP contribution in [0.15, 0.2) is 5.10 Å². The lowest BCUT2D eigenvalue weighted by molar-refractivity contribution is -0.229. The third-order valence-electron chi connectivity index (χ3n) is 0.808. The number of hydrogen-bond donors (Lipinski definition) is 2. The Bertz CT molecular complexity index is 114. The normalized spacial score (nSPS) is 13.6. The van der Waals surface area contributed by atoms with Gasteiger partial charge in [-0.15, -0.1) is 0 Å². The molecule has 0 fully saturated rings. The zero-order valence-electron chi connectivity index (χ0n) is 5.93. The SMILES string of the molecule is CC(C)(C)C([O-])=NNN. The smallest absolute Gasteiger partial charge is 0.00820 e. The van der Waals surface area contributed by atoms with Crippen LogP contribution in [-0.4, -0.2) is 5.90 Å². The average Bonchev–Trinajstić information content (AvgIpc) is 1.64. The van der Waals surface area contributed by atoms with Gasteiger partial charge in [0.05, 0.1) is 0 Å². The first-order valence-corrected chi connectivity index (χ1v) is 2.69. The van der Waals surface area contributed by atoms with Crippen LogP contribution in [0.3, 0.4) is 0 Å². The Morgan fingerprint density at radius 3 is 2.11 bits per heavy atom. The van der Waals surface area contributed by atoms with Gasteiger partial charge < -0.3 is 5.11 Å². The summed E-state index contributed by atoms with van der Waals surface area (Å²) in [7, 11) is 0. The Hall–Kier alpha value is -0.770. The summed E-state index contributed by atoms with van der Waals surface area (Å²) in [5.41, 5.74) is 1.51. The Kier molecular flexibility index (Phi) is 2.45. The molecule has 0 bridgehead atoms. The number of nitrogens with zero attached hydrogens (tertiary/aromatic N) is 1. The summed E-state index contributed by atoms with van der Waals surface area (Å²) in [4.78, 5) is 0. The topological polar surface area (TPSA) is 73.5 Å². The Balaban J connectivity index is 4.03. The third-order valence-corrected chi connectivity index (χ3v) is 0.808. The van der Waals surface area contributed by atoms with Crippen molar-refractivity contribution in [1.29, 1.82) is 0 Å². The van der Waals surface area contributed by atoms with Crippen molar-refractivity contribution in [3.05, 3.63) is 0 Å². The molecular weight excluding hydrogens is 118 g/mol. The maximum absolute atomic E-state index is 10.8. The fourth-order valence-electron chi connectivity index (χ4n) is 0.226. The molecule has 0 aliphatic carbocycles. The maximum Gasteiger partial charge on any atom is -0.00820 e. The van der Waals surface area contributed by atoms with Crippen molar-refractivity contribution in [1.82, 2.24) is 5.53 Å². The van der Waals surface area contributed by atoms with Crippen LogP contribution in [-0.2, 0) is 0 Å². The first-order valence-electron chi connectivity index (χ1n) is 2.69. The van der Waals surface area contributed by atoms with Gasteiger partial charge in [-0.25, -0.2) is 11.4 Å². The third kappa shape index (κ3) is 2.92. The largest absolute Gasteiger partial charge is 0.860 e. The quantitative estimate of drug-likeness (QED) is 0.210. The number of nitrogens with one attached hydrogen (secondary N) is 1. The number of nitrogens with two attached hydrogens (primary N) is 1. The van der Waals surface area contributed by atoms with Crippen molar-refractivity contribution < 1.29 is 5.11 Å². The number of hydrazone groups is 1. The van der Waals surface area contributed by atoms with Crippen LogP contribution in [0.4, 0.5) is 0 Å². The average molecular weight is 130 g/mol. The Morgan fingerprint density at radius 2 is 2.00 bits per heavy atom. The monoisotopic (exact) mass is 130 g/mol. The van der Waals surface area contributed by atoms with Gasteiger partial charge in [-0.05, 0) is 11.3 Å². The molecule has 0 heterocycles. The first kappa shape index (κ1) is 8.23. The molecule has 0 rings (SSSR count). The minimum absolute atomic E-state index is 0.245. The van der Waals surface area contributed by atoms with Gasteiger partial charge in [0.1, 0.15) is 0 Å². The molecule has 0 aromatic rings. The molecule has 3 N–H and O–H groups in total. The van der Waals surface area contributed by atoms with E-state index in [-0.39, 0.29) is 5.90 Å². The van der Waals surface area contributed by atoms with Gasteiger partial charge in [-0.3, -0.25) is 0 Å². The number of rotatable bonds is 1. The second kappa shape index (κ2) is 2.68. The molecule has 0 amide bonds. The predicted molar refractivity (Wildman–Crippen MR) is 34.2 cm³/mol. The lowest BCUT2D eigenvalue weighted by Crippen LogP contribution is -2.35. The van der Waals surface area contributed by atoms with E-state index in [4.69, 9.17) is 5.84 Å². The summed E-state index contributed by atoms with van der Waals surface area (Å²) >= 11 is 0. The molecule has 0 aromatic heterocycles. The Morgan fingerprint density at radius 1 is 1.56 bits per heavy atom. The second-order valence-electron chi connectivity index (χ2n) is 2.80. The van der Waals surface area contributed by atoms with Gasteiger partial charge in [0.2, 0.25) is 0 Å². The minimum Gasteiger partial charge on any atom is -0.860 e. The summed E-state index contributed by atoms with van der Waals surface area (Å²) in [5, 5.41) is 14.0. The number of hydrogen-bond acceptors (Lipinski definition) is 4. The molecule has 0 radical (unpaired) electrons. The molecule has 0 saturated heterocycles. The van der Waals surface area contributed by atoms with Crippen molar-refractivity contribution in [3.8, 4) is 0 Å². The van der Waals surface area contributed by atoms with E-state index in [0.717, 1.165) is 0 Å². The van der Waals surface area contributed by atoms with Gasteiger partial charge in [-0.2, -0.15) is 5.10 Å². The second-order valence-corrected chi connectivity index (χ2v) is 2.80. The molecular formula is C5H12N3O-. The van der Waals surface area contributed by atoms with Crippen molar-refractivity contribution >= 4 is 5.90 Å². The fourth-order valence-corrected chi connectivity index (χ4v) is 0.226. The molecule has 0 spiro atoms. The van der Waals surface area contributed by atoms with Crippen LogP contribution < -0.4 is 16.5 Å². The van der Waals surface area contributed by atoms with Crippen LogP contribution in [0.2, 0.25) is 0 Å². The van der Waals surface area contributed by atoms with Crippen molar-refractivity contribution in [2.24, 2.45) is 16.4 Å². The molecule has 4 heteroatoms. The summed E-state index contributed by atoms with van der Waals surface area (Å²) in [6.07, 6.45) is 0. The highest BCUT2D eigenvalue weighted by molar-refractivity contribution is 5.76. The van der Waals surface area contributed by atoms with E-state index in [1.165, 1.54) is 0 Å². The summed E-state index contributed by atoms with van der Waals surface area (Å²) in [6.45, 7) is 5.32. The lowest BCUT2D eigenvalue weighted by Gasteiger charge is -2.24. The highest BCUT2D eigenvalue weighted by atomic mass is 16.3. The van der Waals surface area contributed by atoms with Crippen LogP contribution in [0, 0.1) is 5.41 Å². The van der Waals surface area contributed by atoms with E-state index in [0.29, 0.717) is 0 Å². The minimum atomic E-state index is -0.438. The van der Waals surface area contributed by atoms with E-state index < -0.39 is 5.41 Å². The highest BCUT2D eigenvalue weighted by Gasteiger charge is 2.08. The van der Waals surface area contributed by atoms with Gasteiger partial charge in [0, 0.05) is 0 Å². The van der Waals surface area contributed by atoms with E-state index >= 15 is 0 Å². The zero-order chi connectivity index (χ0) is 7.49. The highest BCUT2D eigenvalue weighted by Crippen LogP contribution is 2.11. The summed E-state index contributed by atoms with van der Waals surface area (Å²) in [6, 6.07) is 0. The predicted octanol–water partition coefficient (Wildman–Crippen LogP) is -0.830. The lowest BCUT2D eigenvalue weighted by atomic mass is 9.97. The van der Waals surface area contributed by atoms with E-state index in [1.54, 1.807) is 20.8 Å². The van der Waals surface area contributed by atoms with E-state index in [1.807, 2.05) is 5.53 Å². The molecule has 0 aliphatic heterocycles. The maximum atomic E-state index is 10.8. The summed E-state index contributed by atoms with van der Waals surface area (Å²) in [5.74, 6) is 4.54. The van der Waals surface area contributed by atoms with Gasteiger partial charge in [-0.1, -0.05) is 20.8 Å². The number of hydrazine groups is 1. The molecule has 0 atom stereocenters. The molecule has 54 valence electrons. The van der Waals surface area contributed by atoms with E-state index in [2.05, 4.69) is 5.10 Å². The van der Waals surface area contributed by atoms with Gasteiger partial charge in [0.25, 0.3) is 0 Å². The van der Waals surface area contributed by atoms with Gasteiger partial charge >= 0.3 is 0 Å². The molecule has 0 saturated carbocycles. The van der Waals surface area contributed by atoms with Crippen molar-refractivity contribution in [2.75, 3.05) is 0 Å². The molecule has 0 unspecified atom stereocenters. The van der Waals surface area contributed by atoms with Crippen molar-refractivity contribution in [3.63, 3.8) is 0 Å². The molecule has 4 nitrogen and oxygen atoms in total. The van der Waals surface area contributed by atoms with Crippen LogP contribution in [0.5, 0.6) is 0 Å². The zero-order valence-corrected chi connectivity index (χ0v) is 5.93. The molecule has 0 aromatic carbocycles. The Labute approximate surface area is 54.7 Å². The van der Waals surface area contributed by atoms with Gasteiger partial charge in [0.15, 0.2) is 0 Å².